The highest BCUT2D eigenvalue weighted by atomic mass is 16.5. The molecule has 1 aliphatic rings. The molecule has 1 aromatic carbocycles. The maximum atomic E-state index is 12.9. The third-order valence-electron chi connectivity index (χ3n) is 5.15. The van der Waals surface area contributed by atoms with E-state index in [0.717, 1.165) is 11.3 Å². The molecule has 1 aromatic heterocycles. The van der Waals surface area contributed by atoms with E-state index in [1.165, 1.54) is 0 Å². The molecule has 0 N–H and O–H groups in total. The number of ether oxygens (including phenoxy) is 1. The first-order valence-electron chi connectivity index (χ1n) is 9.82. The van der Waals surface area contributed by atoms with Crippen molar-refractivity contribution in [2.24, 2.45) is 0 Å². The van der Waals surface area contributed by atoms with Crippen LogP contribution < -0.4 is 9.64 Å². The van der Waals surface area contributed by atoms with Gasteiger partial charge in [0.1, 0.15) is 11.6 Å². The van der Waals surface area contributed by atoms with Gasteiger partial charge >= 0.3 is 0 Å². The van der Waals surface area contributed by atoms with E-state index in [9.17, 15) is 9.59 Å². The quantitative estimate of drug-likeness (QED) is 0.748. The van der Waals surface area contributed by atoms with Crippen LogP contribution in [0.4, 0.5) is 5.82 Å². The molecular formula is C22H28N4O3. The molecule has 1 saturated heterocycles. The van der Waals surface area contributed by atoms with Gasteiger partial charge in [-0.3, -0.25) is 9.59 Å². The van der Waals surface area contributed by atoms with E-state index in [4.69, 9.17) is 4.74 Å². The average molecular weight is 396 g/mol. The Balaban J connectivity index is 1.52. The number of carbonyl (C=O) groups excluding carboxylic acids is 2. The molecule has 7 nitrogen and oxygen atoms in total. The number of piperazine rings is 1. The van der Waals surface area contributed by atoms with Crippen molar-refractivity contribution in [2.45, 2.75) is 12.8 Å². The molecule has 0 bridgehead atoms. The monoisotopic (exact) mass is 396 g/mol. The van der Waals surface area contributed by atoms with Crippen molar-refractivity contribution >= 4 is 17.6 Å². The fraction of sp³-hybridized carbons (Fsp3) is 0.409. The number of aryl methyl sites for hydroxylation is 1. The second-order valence-electron chi connectivity index (χ2n) is 7.29. The predicted octanol–water partition coefficient (Wildman–Crippen LogP) is 2.07. The van der Waals surface area contributed by atoms with Crippen molar-refractivity contribution in [2.75, 3.05) is 52.3 Å². The first kappa shape index (κ1) is 20.6. The summed E-state index contributed by atoms with van der Waals surface area (Å²) in [6, 6.07) is 11.4. The van der Waals surface area contributed by atoms with E-state index in [1.807, 2.05) is 48.2 Å². The highest BCUT2D eigenvalue weighted by Gasteiger charge is 2.26. The van der Waals surface area contributed by atoms with Crippen LogP contribution in [0, 0.1) is 0 Å². The molecule has 2 aromatic rings. The lowest BCUT2D eigenvalue weighted by Gasteiger charge is -2.35. The molecule has 0 radical (unpaired) electrons. The molecule has 0 aliphatic carbocycles. The number of hydrogen-bond acceptors (Lipinski definition) is 5. The number of rotatable bonds is 6. The van der Waals surface area contributed by atoms with Crippen molar-refractivity contribution in [1.29, 1.82) is 0 Å². The second-order valence-corrected chi connectivity index (χ2v) is 7.29. The molecule has 2 heterocycles. The molecule has 154 valence electrons. The summed E-state index contributed by atoms with van der Waals surface area (Å²) >= 11 is 0. The minimum Gasteiger partial charge on any atom is -0.497 e. The van der Waals surface area contributed by atoms with E-state index in [2.05, 4.69) is 4.98 Å². The fourth-order valence-electron chi connectivity index (χ4n) is 3.45. The Morgan fingerprint density at radius 3 is 2.31 bits per heavy atom. The second kappa shape index (κ2) is 9.41. The lowest BCUT2D eigenvalue weighted by atomic mass is 10.1. The Hall–Kier alpha value is -3.09. The van der Waals surface area contributed by atoms with Crippen LogP contribution in [0.5, 0.6) is 5.75 Å². The minimum atomic E-state index is -0.0351. The normalized spacial score (nSPS) is 13.9. The van der Waals surface area contributed by atoms with Gasteiger partial charge in [0.05, 0.1) is 12.7 Å². The van der Waals surface area contributed by atoms with E-state index in [0.29, 0.717) is 50.4 Å². The summed E-state index contributed by atoms with van der Waals surface area (Å²) in [4.78, 5) is 35.3. The van der Waals surface area contributed by atoms with Crippen molar-refractivity contribution in [1.82, 2.24) is 14.8 Å². The largest absolute Gasteiger partial charge is 0.497 e. The third kappa shape index (κ3) is 5.04. The summed E-state index contributed by atoms with van der Waals surface area (Å²) in [6.07, 6.45) is 2.85. The lowest BCUT2D eigenvalue weighted by Crippen LogP contribution is -2.50. The minimum absolute atomic E-state index is 0.0351. The van der Waals surface area contributed by atoms with Crippen molar-refractivity contribution in [3.63, 3.8) is 0 Å². The number of anilines is 1. The third-order valence-corrected chi connectivity index (χ3v) is 5.15. The van der Waals surface area contributed by atoms with Crippen LogP contribution in [0.25, 0.3) is 0 Å². The van der Waals surface area contributed by atoms with Crippen molar-refractivity contribution < 1.29 is 14.3 Å². The van der Waals surface area contributed by atoms with Gasteiger partial charge in [0.2, 0.25) is 5.91 Å². The maximum absolute atomic E-state index is 12.9. The smallest absolute Gasteiger partial charge is 0.257 e. The number of methoxy groups -OCH3 is 1. The first-order chi connectivity index (χ1) is 14.0. The number of hydrogen-bond donors (Lipinski definition) is 0. The molecule has 7 heteroatoms. The predicted molar refractivity (Wildman–Crippen MR) is 112 cm³/mol. The van der Waals surface area contributed by atoms with E-state index in [-0.39, 0.29) is 11.8 Å². The van der Waals surface area contributed by atoms with Gasteiger partial charge in [-0.25, -0.2) is 4.98 Å². The summed E-state index contributed by atoms with van der Waals surface area (Å²) in [5.74, 6) is 1.57. The highest BCUT2D eigenvalue weighted by molar-refractivity contribution is 5.99. The highest BCUT2D eigenvalue weighted by Crippen LogP contribution is 2.18. The van der Waals surface area contributed by atoms with Crippen molar-refractivity contribution in [3.05, 3.63) is 53.7 Å². The van der Waals surface area contributed by atoms with Gasteiger partial charge in [-0.05, 0) is 36.2 Å². The van der Waals surface area contributed by atoms with E-state index in [1.54, 1.807) is 30.3 Å². The van der Waals surface area contributed by atoms with Gasteiger partial charge in [0, 0.05) is 52.9 Å². The Bertz CT molecular complexity index is 843. The van der Waals surface area contributed by atoms with Crippen LogP contribution in [0.1, 0.15) is 22.3 Å². The average Bonchev–Trinajstić information content (AvgIpc) is 2.77. The van der Waals surface area contributed by atoms with Gasteiger partial charge < -0.3 is 19.4 Å². The zero-order valence-electron chi connectivity index (χ0n) is 17.3. The summed E-state index contributed by atoms with van der Waals surface area (Å²) < 4.78 is 5.16. The van der Waals surface area contributed by atoms with Crippen LogP contribution in [-0.4, -0.2) is 74.0 Å². The molecule has 0 atom stereocenters. The lowest BCUT2D eigenvalue weighted by molar-refractivity contribution is -0.132. The van der Waals surface area contributed by atoms with Gasteiger partial charge in [-0.1, -0.05) is 12.1 Å². The van der Waals surface area contributed by atoms with Crippen LogP contribution in [0.15, 0.2) is 42.6 Å². The molecule has 0 spiro atoms. The van der Waals surface area contributed by atoms with Crippen LogP contribution in [-0.2, 0) is 11.2 Å². The van der Waals surface area contributed by atoms with E-state index >= 15 is 0 Å². The van der Waals surface area contributed by atoms with Gasteiger partial charge in [0.15, 0.2) is 0 Å². The number of amides is 2. The number of aromatic nitrogens is 1. The summed E-state index contributed by atoms with van der Waals surface area (Å²) in [5.41, 5.74) is 1.71. The summed E-state index contributed by atoms with van der Waals surface area (Å²) in [5, 5.41) is 0. The molecule has 29 heavy (non-hydrogen) atoms. The standard InChI is InChI=1S/C22H28N4O3/c1-24(2)21-19(5-4-12-23-21)22(28)26-15-13-25(14-16-26)20(27)11-8-17-6-9-18(29-3)10-7-17/h4-7,9-10,12H,8,11,13-16H2,1-3H3. The topological polar surface area (TPSA) is 66.0 Å². The number of benzene rings is 1. The molecular weight excluding hydrogens is 368 g/mol. The molecule has 0 unspecified atom stereocenters. The zero-order chi connectivity index (χ0) is 20.8. The van der Waals surface area contributed by atoms with Crippen molar-refractivity contribution in [3.8, 4) is 5.75 Å². The molecule has 0 saturated carbocycles. The number of nitrogens with zero attached hydrogens (tertiary/aromatic N) is 4. The van der Waals surface area contributed by atoms with Gasteiger partial charge in [0.25, 0.3) is 5.91 Å². The Labute approximate surface area is 171 Å². The Morgan fingerprint density at radius 2 is 1.69 bits per heavy atom. The number of carbonyl (C=O) groups is 2. The molecule has 3 rings (SSSR count). The molecule has 2 amide bonds. The number of pyridine rings is 1. The SMILES string of the molecule is COc1ccc(CCC(=O)N2CCN(C(=O)c3cccnc3N(C)C)CC2)cc1. The summed E-state index contributed by atoms with van der Waals surface area (Å²) in [6.45, 7) is 2.19. The summed E-state index contributed by atoms with van der Waals surface area (Å²) in [7, 11) is 5.38. The molecule has 1 aliphatic heterocycles. The molecule has 1 fully saturated rings. The Kier molecular flexibility index (Phi) is 6.69. The zero-order valence-corrected chi connectivity index (χ0v) is 17.3. The van der Waals surface area contributed by atoms with Crippen LogP contribution >= 0.6 is 0 Å². The first-order valence-corrected chi connectivity index (χ1v) is 9.82. The Morgan fingerprint density at radius 1 is 1.03 bits per heavy atom. The van der Waals surface area contributed by atoms with Gasteiger partial charge in [-0.2, -0.15) is 0 Å². The van der Waals surface area contributed by atoms with Gasteiger partial charge in [-0.15, -0.1) is 0 Å². The van der Waals surface area contributed by atoms with Crippen LogP contribution in [0.3, 0.4) is 0 Å². The van der Waals surface area contributed by atoms with Crippen LogP contribution in [0.2, 0.25) is 0 Å². The maximum Gasteiger partial charge on any atom is 0.257 e. The van der Waals surface area contributed by atoms with E-state index < -0.39 is 0 Å². The fourth-order valence-corrected chi connectivity index (χ4v) is 3.45.